The molecular weight excluding hydrogens is 280 g/mol. The molecule has 5 heteroatoms. The zero-order chi connectivity index (χ0) is 13.0. The lowest BCUT2D eigenvalue weighted by Gasteiger charge is -2.04. The largest absolute Gasteiger partial charge is 0.257 e. The van der Waals surface area contributed by atoms with Crippen molar-refractivity contribution in [2.75, 3.05) is 5.75 Å². The quantitative estimate of drug-likeness (QED) is 0.647. The first-order valence-electron chi connectivity index (χ1n) is 5.58. The maximum atomic E-state index is 5.00. The molecule has 0 saturated carbocycles. The van der Waals surface area contributed by atoms with E-state index in [0.717, 1.165) is 26.0 Å². The Bertz CT molecular complexity index is 598. The van der Waals surface area contributed by atoms with E-state index in [-0.39, 0.29) is 0 Å². The molecule has 1 N–H and O–H groups in total. The predicted octanol–water partition coefficient (Wildman–Crippen LogP) is 4.57. The lowest BCUT2D eigenvalue weighted by atomic mass is 10.0. The van der Waals surface area contributed by atoms with Crippen molar-refractivity contribution in [2.24, 2.45) is 0 Å². The topological polar surface area (TPSA) is 28.7 Å². The maximum Gasteiger partial charge on any atom is 0.177 e. The van der Waals surface area contributed by atoms with Crippen LogP contribution >= 0.6 is 35.3 Å². The van der Waals surface area contributed by atoms with Crippen molar-refractivity contribution in [3.63, 3.8) is 0 Å². The monoisotopic (exact) mass is 294 g/mol. The molecule has 0 bridgehead atoms. The molecule has 0 unspecified atom stereocenters. The second-order valence-electron chi connectivity index (χ2n) is 3.96. The average Bonchev–Trinajstić information content (AvgIpc) is 2.75. The average molecular weight is 294 g/mol. The number of nitrogens with one attached hydrogen (secondary N) is 1. The van der Waals surface area contributed by atoms with Crippen molar-refractivity contribution in [1.29, 1.82) is 0 Å². The van der Waals surface area contributed by atoms with Gasteiger partial charge in [0.2, 0.25) is 0 Å². The predicted molar refractivity (Wildman–Crippen MR) is 82.9 cm³/mol. The summed E-state index contributed by atoms with van der Waals surface area (Å²) in [5, 5.41) is 6.92. The first-order chi connectivity index (χ1) is 8.65. The van der Waals surface area contributed by atoms with Crippen LogP contribution < -0.4 is 0 Å². The van der Waals surface area contributed by atoms with Crippen molar-refractivity contribution in [3.05, 3.63) is 45.9 Å². The van der Waals surface area contributed by atoms with Crippen molar-refractivity contribution in [2.45, 2.75) is 17.7 Å². The highest BCUT2D eigenvalue weighted by atomic mass is 32.2. The normalized spacial score (nSPS) is 10.5. The molecule has 94 valence electrons. The van der Waals surface area contributed by atoms with E-state index in [2.05, 4.69) is 41.0 Å². The molecular formula is C13H14N2S3. The van der Waals surface area contributed by atoms with Crippen LogP contribution in [0.3, 0.4) is 0 Å². The number of nitrogens with zero attached hydrogens (tertiary/aromatic N) is 1. The lowest BCUT2D eigenvalue weighted by molar-refractivity contribution is 1.00. The smallest absolute Gasteiger partial charge is 0.177 e. The second kappa shape index (κ2) is 6.31. The van der Waals surface area contributed by atoms with E-state index in [0.29, 0.717) is 0 Å². The number of aromatic nitrogens is 2. The molecule has 2 nitrogen and oxygen atoms in total. The van der Waals surface area contributed by atoms with Gasteiger partial charge in [-0.3, -0.25) is 5.10 Å². The van der Waals surface area contributed by atoms with Gasteiger partial charge in [-0.15, -0.1) is 0 Å². The number of aromatic amines is 1. The minimum atomic E-state index is 0.738. The fourth-order valence-electron chi connectivity index (χ4n) is 1.53. The minimum Gasteiger partial charge on any atom is -0.257 e. The Morgan fingerprint density at radius 3 is 3.06 bits per heavy atom. The SMILES string of the molecule is C=C(C)c1cccc(CCSc2n[nH]c(=S)s2)c1. The molecule has 0 aliphatic heterocycles. The second-order valence-corrected chi connectivity index (χ2v) is 6.97. The number of benzene rings is 1. The van der Waals surface area contributed by atoms with Crippen molar-refractivity contribution < 1.29 is 0 Å². The Kier molecular flexibility index (Phi) is 4.74. The first-order valence-corrected chi connectivity index (χ1v) is 7.79. The van der Waals surface area contributed by atoms with Gasteiger partial charge in [0, 0.05) is 5.75 Å². The highest BCUT2D eigenvalue weighted by Crippen LogP contribution is 2.22. The van der Waals surface area contributed by atoms with E-state index in [4.69, 9.17) is 12.2 Å². The van der Waals surface area contributed by atoms with Gasteiger partial charge in [0.1, 0.15) is 0 Å². The number of aryl methyl sites for hydroxylation is 1. The Balaban J connectivity index is 1.92. The standard InChI is InChI=1S/C13H14N2S3/c1-9(2)11-5-3-4-10(8-11)6-7-17-13-15-14-12(16)18-13/h3-5,8H,1,6-7H2,2H3,(H,14,16). The first kappa shape index (κ1) is 13.5. The molecule has 0 radical (unpaired) electrons. The van der Waals surface area contributed by atoms with E-state index in [1.54, 1.807) is 11.8 Å². The molecule has 2 rings (SSSR count). The minimum absolute atomic E-state index is 0.738. The maximum absolute atomic E-state index is 5.00. The number of allylic oxidation sites excluding steroid dienone is 1. The number of hydrogen-bond donors (Lipinski definition) is 1. The van der Waals surface area contributed by atoms with Gasteiger partial charge >= 0.3 is 0 Å². The van der Waals surface area contributed by atoms with Gasteiger partial charge in [0.25, 0.3) is 0 Å². The Morgan fingerprint density at radius 1 is 1.56 bits per heavy atom. The number of H-pyrrole nitrogens is 1. The molecule has 0 saturated heterocycles. The Labute approximate surface area is 120 Å². The summed E-state index contributed by atoms with van der Waals surface area (Å²) >= 11 is 8.27. The molecule has 1 aromatic carbocycles. The molecule has 0 aliphatic rings. The highest BCUT2D eigenvalue weighted by Gasteiger charge is 2.01. The molecule has 0 fully saturated rings. The fraction of sp³-hybridized carbons (Fsp3) is 0.231. The van der Waals surface area contributed by atoms with Gasteiger partial charge in [0.05, 0.1) is 0 Å². The molecule has 0 spiro atoms. The zero-order valence-corrected chi connectivity index (χ0v) is 12.6. The summed E-state index contributed by atoms with van der Waals surface area (Å²) in [7, 11) is 0. The third-order valence-corrected chi connectivity index (χ3v) is 4.69. The Morgan fingerprint density at radius 2 is 2.39 bits per heavy atom. The van der Waals surface area contributed by atoms with Gasteiger partial charge in [-0.25, -0.2) is 0 Å². The van der Waals surface area contributed by atoms with Crippen LogP contribution in [-0.4, -0.2) is 16.0 Å². The Hall–Kier alpha value is -0.910. The zero-order valence-electron chi connectivity index (χ0n) is 10.1. The van der Waals surface area contributed by atoms with Crippen LogP contribution in [0.2, 0.25) is 0 Å². The van der Waals surface area contributed by atoms with Gasteiger partial charge in [-0.05, 0) is 36.7 Å². The van der Waals surface area contributed by atoms with Crippen molar-refractivity contribution in [1.82, 2.24) is 10.2 Å². The molecule has 2 aromatic rings. The van der Waals surface area contributed by atoms with Crippen LogP contribution in [0.25, 0.3) is 5.57 Å². The van der Waals surface area contributed by atoms with Crippen LogP contribution in [0.5, 0.6) is 0 Å². The van der Waals surface area contributed by atoms with Gasteiger partial charge in [-0.1, -0.05) is 59.5 Å². The van der Waals surface area contributed by atoms with Crippen LogP contribution in [0.15, 0.2) is 35.2 Å². The third kappa shape index (κ3) is 3.80. The van der Waals surface area contributed by atoms with Crippen LogP contribution in [-0.2, 0) is 6.42 Å². The summed E-state index contributed by atoms with van der Waals surface area (Å²) in [6, 6.07) is 8.54. The van der Waals surface area contributed by atoms with Gasteiger partial charge < -0.3 is 0 Å². The van der Waals surface area contributed by atoms with Crippen LogP contribution in [0, 0.1) is 3.95 Å². The molecule has 18 heavy (non-hydrogen) atoms. The van der Waals surface area contributed by atoms with E-state index < -0.39 is 0 Å². The van der Waals surface area contributed by atoms with E-state index >= 15 is 0 Å². The van der Waals surface area contributed by atoms with Gasteiger partial charge in [-0.2, -0.15) is 5.10 Å². The van der Waals surface area contributed by atoms with E-state index in [1.807, 2.05) is 6.92 Å². The van der Waals surface area contributed by atoms with Crippen molar-refractivity contribution in [3.8, 4) is 0 Å². The highest BCUT2D eigenvalue weighted by molar-refractivity contribution is 8.01. The molecule has 0 aliphatic carbocycles. The molecule has 0 atom stereocenters. The summed E-state index contributed by atoms with van der Waals surface area (Å²) in [5.41, 5.74) is 3.66. The summed E-state index contributed by atoms with van der Waals surface area (Å²) in [6.45, 7) is 6.00. The lowest BCUT2D eigenvalue weighted by Crippen LogP contribution is -1.90. The summed E-state index contributed by atoms with van der Waals surface area (Å²) in [5.74, 6) is 1.01. The number of hydrogen-bond acceptors (Lipinski definition) is 4. The summed E-state index contributed by atoms with van der Waals surface area (Å²) in [4.78, 5) is 0. The van der Waals surface area contributed by atoms with E-state index in [9.17, 15) is 0 Å². The number of rotatable bonds is 5. The summed E-state index contributed by atoms with van der Waals surface area (Å²) < 4.78 is 1.75. The van der Waals surface area contributed by atoms with Gasteiger partial charge in [0.15, 0.2) is 8.29 Å². The molecule has 1 aromatic heterocycles. The molecule has 0 amide bonds. The fourth-order valence-corrected chi connectivity index (χ4v) is 3.67. The van der Waals surface area contributed by atoms with Crippen molar-refractivity contribution >= 4 is 40.9 Å². The van der Waals surface area contributed by atoms with Crippen LogP contribution in [0.1, 0.15) is 18.1 Å². The molecule has 1 heterocycles. The van der Waals surface area contributed by atoms with Crippen LogP contribution in [0.4, 0.5) is 0 Å². The number of thioether (sulfide) groups is 1. The third-order valence-electron chi connectivity index (χ3n) is 2.45. The van der Waals surface area contributed by atoms with E-state index in [1.165, 1.54) is 22.5 Å². The summed E-state index contributed by atoms with van der Waals surface area (Å²) in [6.07, 6.45) is 1.03.